The van der Waals surface area contributed by atoms with Crippen LogP contribution in [0.4, 0.5) is 10.1 Å². The summed E-state index contributed by atoms with van der Waals surface area (Å²) in [5, 5.41) is 18.4. The number of anilines is 1. The largest absolute Gasteiger partial charge is 0.478 e. The van der Waals surface area contributed by atoms with E-state index in [1.54, 1.807) is 0 Å². The number of aromatic carboxylic acids is 1. The maximum absolute atomic E-state index is 14.2. The van der Waals surface area contributed by atoms with Crippen LogP contribution in [0, 0.1) is 5.82 Å². The highest BCUT2D eigenvalue weighted by Gasteiger charge is 2.35. The number of amides is 1. The lowest BCUT2D eigenvalue weighted by atomic mass is 10.1. The number of β-amino-alcohol motifs (C(OH)–C–C–N with tert-alkyl or cyclic N) is 1. The molecule has 1 saturated heterocycles. The summed E-state index contributed by atoms with van der Waals surface area (Å²) >= 11 is 8.60. The fourth-order valence-electron chi connectivity index (χ4n) is 1.92. The van der Waals surface area contributed by atoms with E-state index in [1.807, 2.05) is 0 Å². The van der Waals surface area contributed by atoms with Crippen LogP contribution in [0.1, 0.15) is 16.8 Å². The molecule has 1 aliphatic rings. The van der Waals surface area contributed by atoms with Crippen molar-refractivity contribution in [2.45, 2.75) is 12.5 Å². The van der Waals surface area contributed by atoms with E-state index in [0.717, 1.165) is 11.0 Å². The number of aliphatic hydroxyl groups is 1. The molecular weight excluding hydrogens is 344 g/mol. The summed E-state index contributed by atoms with van der Waals surface area (Å²) in [5.41, 5.74) is -0.807. The minimum absolute atomic E-state index is 0.106. The summed E-state index contributed by atoms with van der Waals surface area (Å²) in [6, 6.07) is 1.06. The molecule has 1 unspecified atom stereocenters. The Balaban J connectivity index is 2.64. The molecule has 0 radical (unpaired) electrons. The Bertz CT molecular complexity index is 580. The SMILES string of the molecule is O=C(O)c1cc(Cl)c(Br)c(F)c1N1CC(O)CC1=O. The van der Waals surface area contributed by atoms with Crippen LogP contribution in [0.5, 0.6) is 0 Å². The fraction of sp³-hybridized carbons (Fsp3) is 0.273. The lowest BCUT2D eigenvalue weighted by Gasteiger charge is -2.20. The van der Waals surface area contributed by atoms with Crippen LogP contribution < -0.4 is 4.90 Å². The molecule has 0 spiro atoms. The van der Waals surface area contributed by atoms with Crippen LogP contribution in [0.3, 0.4) is 0 Å². The number of carbonyl (C=O) groups is 2. The number of aliphatic hydroxyl groups excluding tert-OH is 1. The molecular formula is C11H8BrClFNO4. The molecule has 8 heteroatoms. The van der Waals surface area contributed by atoms with E-state index < -0.39 is 29.4 Å². The average Bonchev–Trinajstić information content (AvgIpc) is 2.64. The van der Waals surface area contributed by atoms with Gasteiger partial charge >= 0.3 is 5.97 Å². The van der Waals surface area contributed by atoms with Gasteiger partial charge in [0.1, 0.15) is 0 Å². The summed E-state index contributed by atoms with van der Waals surface area (Å²) in [5.74, 6) is -2.88. The van der Waals surface area contributed by atoms with Crippen molar-refractivity contribution < 1.29 is 24.2 Å². The van der Waals surface area contributed by atoms with Gasteiger partial charge in [0.05, 0.1) is 39.8 Å². The summed E-state index contributed by atoms with van der Waals surface area (Å²) in [4.78, 5) is 23.7. The van der Waals surface area contributed by atoms with Crippen molar-refractivity contribution in [1.29, 1.82) is 0 Å². The van der Waals surface area contributed by atoms with Gasteiger partial charge in [-0.05, 0) is 22.0 Å². The molecule has 1 fully saturated rings. The number of hydrogen-bond acceptors (Lipinski definition) is 3. The minimum atomic E-state index is -1.41. The molecule has 5 nitrogen and oxygen atoms in total. The Labute approximate surface area is 120 Å². The number of rotatable bonds is 2. The van der Waals surface area contributed by atoms with Gasteiger partial charge in [-0.25, -0.2) is 9.18 Å². The van der Waals surface area contributed by atoms with Gasteiger partial charge in [0.25, 0.3) is 0 Å². The molecule has 1 aliphatic heterocycles. The molecule has 1 aromatic rings. The zero-order valence-corrected chi connectivity index (χ0v) is 11.7. The number of carbonyl (C=O) groups excluding carboxylic acids is 1. The van der Waals surface area contributed by atoms with Gasteiger partial charge in [-0.2, -0.15) is 0 Å². The van der Waals surface area contributed by atoms with Crippen molar-refractivity contribution in [3.05, 3.63) is 26.9 Å². The van der Waals surface area contributed by atoms with Crippen LogP contribution in [-0.4, -0.2) is 34.7 Å². The van der Waals surface area contributed by atoms with E-state index in [4.69, 9.17) is 16.7 Å². The molecule has 2 rings (SSSR count). The van der Waals surface area contributed by atoms with Crippen molar-refractivity contribution in [3.63, 3.8) is 0 Å². The summed E-state index contributed by atoms with van der Waals surface area (Å²) in [6.07, 6.45) is -1.11. The molecule has 1 heterocycles. The standard InChI is InChI=1S/C11H8BrClFNO4/c12-8-6(13)2-5(11(18)19)10(9(8)14)15-3-4(16)1-7(15)17/h2,4,16H,1,3H2,(H,18,19). The predicted molar refractivity (Wildman–Crippen MR) is 69.0 cm³/mol. The molecule has 0 aromatic heterocycles. The van der Waals surface area contributed by atoms with Gasteiger partial charge in [-0.1, -0.05) is 11.6 Å². The molecule has 1 amide bonds. The first-order chi connectivity index (χ1) is 8.82. The zero-order chi connectivity index (χ0) is 14.3. The number of carboxylic acids is 1. The Kier molecular flexibility index (Phi) is 3.80. The maximum atomic E-state index is 14.2. The van der Waals surface area contributed by atoms with Crippen LogP contribution >= 0.6 is 27.5 Å². The van der Waals surface area contributed by atoms with E-state index >= 15 is 0 Å². The average molecular weight is 353 g/mol. The van der Waals surface area contributed by atoms with Gasteiger partial charge < -0.3 is 15.1 Å². The van der Waals surface area contributed by atoms with Crippen LogP contribution in [-0.2, 0) is 4.79 Å². The molecule has 0 aliphatic carbocycles. The number of carboxylic acid groups (broad SMARTS) is 1. The van der Waals surface area contributed by atoms with Gasteiger partial charge in [-0.15, -0.1) is 0 Å². The summed E-state index contributed by atoms with van der Waals surface area (Å²) < 4.78 is 14.0. The van der Waals surface area contributed by atoms with E-state index in [9.17, 15) is 19.1 Å². The van der Waals surface area contributed by atoms with Crippen LogP contribution in [0.2, 0.25) is 5.02 Å². The Morgan fingerprint density at radius 2 is 2.21 bits per heavy atom. The third-order valence-electron chi connectivity index (χ3n) is 2.74. The molecule has 1 aromatic carbocycles. The summed E-state index contributed by atoms with van der Waals surface area (Å²) in [6.45, 7) is -0.149. The zero-order valence-electron chi connectivity index (χ0n) is 9.36. The van der Waals surface area contributed by atoms with Crippen LogP contribution in [0.15, 0.2) is 10.5 Å². The molecule has 2 N–H and O–H groups in total. The van der Waals surface area contributed by atoms with Crippen molar-refractivity contribution in [1.82, 2.24) is 0 Å². The minimum Gasteiger partial charge on any atom is -0.478 e. The highest BCUT2D eigenvalue weighted by Crippen LogP contribution is 2.37. The quantitative estimate of drug-likeness (QED) is 0.799. The molecule has 1 atom stereocenters. The lowest BCUT2D eigenvalue weighted by molar-refractivity contribution is -0.117. The number of nitrogens with zero attached hydrogens (tertiary/aromatic N) is 1. The number of benzene rings is 1. The number of hydrogen-bond donors (Lipinski definition) is 2. The van der Waals surface area contributed by atoms with E-state index in [-0.39, 0.29) is 28.1 Å². The molecule has 19 heavy (non-hydrogen) atoms. The monoisotopic (exact) mass is 351 g/mol. The summed E-state index contributed by atoms with van der Waals surface area (Å²) in [7, 11) is 0. The van der Waals surface area contributed by atoms with E-state index in [0.29, 0.717) is 0 Å². The fourth-order valence-corrected chi connectivity index (χ4v) is 2.41. The van der Waals surface area contributed by atoms with Crippen LogP contribution in [0.25, 0.3) is 0 Å². The van der Waals surface area contributed by atoms with Crippen molar-refractivity contribution in [2.24, 2.45) is 0 Å². The van der Waals surface area contributed by atoms with Crippen molar-refractivity contribution in [3.8, 4) is 0 Å². The molecule has 102 valence electrons. The second-order valence-electron chi connectivity index (χ2n) is 4.05. The smallest absolute Gasteiger partial charge is 0.337 e. The second kappa shape index (κ2) is 5.07. The predicted octanol–water partition coefficient (Wildman–Crippen LogP) is 2.04. The van der Waals surface area contributed by atoms with E-state index in [2.05, 4.69) is 15.9 Å². The van der Waals surface area contributed by atoms with Crippen molar-refractivity contribution in [2.75, 3.05) is 11.4 Å². The molecule has 0 saturated carbocycles. The molecule has 0 bridgehead atoms. The van der Waals surface area contributed by atoms with Gasteiger partial charge in [-0.3, -0.25) is 4.79 Å². The normalized spacial score (nSPS) is 19.1. The van der Waals surface area contributed by atoms with Gasteiger partial charge in [0.2, 0.25) is 5.91 Å². The van der Waals surface area contributed by atoms with E-state index in [1.165, 1.54) is 0 Å². The lowest BCUT2D eigenvalue weighted by Crippen LogP contribution is -2.28. The Morgan fingerprint density at radius 1 is 1.58 bits per heavy atom. The first-order valence-electron chi connectivity index (χ1n) is 5.22. The third kappa shape index (κ3) is 2.45. The Hall–Kier alpha value is -1.18. The Morgan fingerprint density at radius 3 is 2.68 bits per heavy atom. The third-order valence-corrected chi connectivity index (χ3v) is 4.04. The first kappa shape index (κ1) is 14.2. The van der Waals surface area contributed by atoms with Crippen molar-refractivity contribution >= 4 is 45.1 Å². The maximum Gasteiger partial charge on any atom is 0.337 e. The highest BCUT2D eigenvalue weighted by atomic mass is 79.9. The first-order valence-corrected chi connectivity index (χ1v) is 6.39. The second-order valence-corrected chi connectivity index (χ2v) is 5.25. The van der Waals surface area contributed by atoms with Gasteiger partial charge in [0.15, 0.2) is 5.82 Å². The topological polar surface area (TPSA) is 77.8 Å². The van der Waals surface area contributed by atoms with Gasteiger partial charge in [0, 0.05) is 0 Å². The highest BCUT2D eigenvalue weighted by molar-refractivity contribution is 9.10. The number of halogens is 3.